The smallest absolute Gasteiger partial charge is 0.305 e. The number of hydrogen-bond donors (Lipinski definition) is 1. The van der Waals surface area contributed by atoms with Crippen LogP contribution in [-0.2, 0) is 16.0 Å². The van der Waals surface area contributed by atoms with E-state index in [0.29, 0.717) is 13.0 Å². The lowest BCUT2D eigenvalue weighted by Gasteiger charge is -2.07. The van der Waals surface area contributed by atoms with Gasteiger partial charge in [-0.2, -0.15) is 0 Å². The predicted molar refractivity (Wildman–Crippen MR) is 68.1 cm³/mol. The molecule has 0 radical (unpaired) electrons. The van der Waals surface area contributed by atoms with Crippen molar-refractivity contribution < 1.29 is 9.53 Å². The van der Waals surface area contributed by atoms with Gasteiger partial charge in [0.1, 0.15) is 0 Å². The Balaban J connectivity index is 2.46. The number of carbonyl (C=O) groups is 1. The van der Waals surface area contributed by atoms with Crippen LogP contribution in [0.5, 0.6) is 0 Å². The van der Waals surface area contributed by atoms with Crippen molar-refractivity contribution in [3.05, 3.63) is 28.2 Å². The number of rotatable bonds is 5. The number of carbonyl (C=O) groups excluding carboxylic acids is 1. The van der Waals surface area contributed by atoms with E-state index in [1.54, 1.807) is 0 Å². The van der Waals surface area contributed by atoms with Crippen molar-refractivity contribution in [2.24, 2.45) is 0 Å². The van der Waals surface area contributed by atoms with Crippen LogP contribution in [0.3, 0.4) is 0 Å². The molecule has 1 aromatic rings. The first-order valence-electron chi connectivity index (χ1n) is 5.33. The van der Waals surface area contributed by atoms with Crippen molar-refractivity contribution in [2.75, 3.05) is 12.3 Å². The molecule has 0 bridgehead atoms. The molecule has 0 atom stereocenters. The average molecular weight is 286 g/mol. The minimum absolute atomic E-state index is 0.145. The van der Waals surface area contributed by atoms with Gasteiger partial charge in [0, 0.05) is 16.6 Å². The number of ether oxygens (including phenoxy) is 1. The zero-order chi connectivity index (χ0) is 12.0. The van der Waals surface area contributed by atoms with Crippen molar-refractivity contribution in [1.82, 2.24) is 0 Å². The van der Waals surface area contributed by atoms with E-state index in [9.17, 15) is 4.79 Å². The number of halogens is 1. The summed E-state index contributed by atoms with van der Waals surface area (Å²) >= 11 is 3.45. The SMILES string of the molecule is CCOC(=O)CCCc1c(N)cccc1Br. The van der Waals surface area contributed by atoms with Gasteiger partial charge in [0.2, 0.25) is 0 Å². The van der Waals surface area contributed by atoms with Crippen LogP contribution in [0, 0.1) is 0 Å². The average Bonchev–Trinajstić information content (AvgIpc) is 2.23. The summed E-state index contributed by atoms with van der Waals surface area (Å²) in [6.45, 7) is 2.25. The second-order valence-electron chi connectivity index (χ2n) is 3.47. The molecule has 0 aliphatic heterocycles. The minimum atomic E-state index is -0.145. The molecule has 4 heteroatoms. The lowest BCUT2D eigenvalue weighted by atomic mass is 10.1. The van der Waals surface area contributed by atoms with E-state index in [2.05, 4.69) is 15.9 Å². The predicted octanol–water partition coefficient (Wildman–Crippen LogP) is 2.92. The van der Waals surface area contributed by atoms with Crippen LogP contribution in [0.2, 0.25) is 0 Å². The van der Waals surface area contributed by atoms with Crippen LogP contribution < -0.4 is 5.73 Å². The molecule has 1 aromatic carbocycles. The Bertz CT molecular complexity index is 346. The van der Waals surface area contributed by atoms with Crippen molar-refractivity contribution in [3.63, 3.8) is 0 Å². The summed E-state index contributed by atoms with van der Waals surface area (Å²) in [6.07, 6.45) is 1.98. The van der Waals surface area contributed by atoms with Gasteiger partial charge in [-0.1, -0.05) is 22.0 Å². The lowest BCUT2D eigenvalue weighted by molar-refractivity contribution is -0.143. The molecule has 2 N–H and O–H groups in total. The zero-order valence-corrected chi connectivity index (χ0v) is 10.9. The summed E-state index contributed by atoms with van der Waals surface area (Å²) in [5.41, 5.74) is 7.67. The van der Waals surface area contributed by atoms with Crippen molar-refractivity contribution in [2.45, 2.75) is 26.2 Å². The lowest BCUT2D eigenvalue weighted by Crippen LogP contribution is -2.04. The van der Waals surface area contributed by atoms with Gasteiger partial charge in [-0.25, -0.2) is 0 Å². The number of benzene rings is 1. The highest BCUT2D eigenvalue weighted by Gasteiger charge is 2.06. The number of nitrogen functional groups attached to an aromatic ring is 1. The Labute approximate surface area is 104 Å². The van der Waals surface area contributed by atoms with E-state index in [1.165, 1.54) is 0 Å². The second-order valence-corrected chi connectivity index (χ2v) is 4.32. The number of esters is 1. The summed E-state index contributed by atoms with van der Waals surface area (Å²) in [5, 5.41) is 0. The molecule has 0 unspecified atom stereocenters. The molecule has 0 saturated carbocycles. The molecule has 3 nitrogen and oxygen atoms in total. The van der Waals surface area contributed by atoms with Gasteiger partial charge in [-0.05, 0) is 37.5 Å². The second kappa shape index (κ2) is 6.53. The molecule has 0 aliphatic carbocycles. The summed E-state index contributed by atoms with van der Waals surface area (Å²) in [4.78, 5) is 11.1. The Morgan fingerprint density at radius 1 is 1.50 bits per heavy atom. The maximum Gasteiger partial charge on any atom is 0.305 e. The van der Waals surface area contributed by atoms with Crippen LogP contribution in [0.4, 0.5) is 5.69 Å². The van der Waals surface area contributed by atoms with Crippen LogP contribution in [0.1, 0.15) is 25.3 Å². The fourth-order valence-electron chi connectivity index (χ4n) is 1.48. The Morgan fingerprint density at radius 3 is 2.88 bits per heavy atom. The quantitative estimate of drug-likeness (QED) is 0.669. The van der Waals surface area contributed by atoms with Crippen LogP contribution >= 0.6 is 15.9 Å². The molecule has 0 aromatic heterocycles. The third kappa shape index (κ3) is 3.85. The summed E-state index contributed by atoms with van der Waals surface area (Å²) < 4.78 is 5.86. The van der Waals surface area contributed by atoms with Crippen molar-refractivity contribution >= 4 is 27.6 Å². The van der Waals surface area contributed by atoms with E-state index < -0.39 is 0 Å². The Kier molecular flexibility index (Phi) is 5.32. The molecular weight excluding hydrogens is 270 g/mol. The number of nitrogens with two attached hydrogens (primary N) is 1. The molecule has 0 spiro atoms. The maximum atomic E-state index is 11.1. The third-order valence-corrected chi connectivity index (χ3v) is 3.01. The molecular formula is C12H16BrNO2. The zero-order valence-electron chi connectivity index (χ0n) is 9.33. The Morgan fingerprint density at radius 2 is 2.25 bits per heavy atom. The molecule has 88 valence electrons. The summed E-state index contributed by atoms with van der Waals surface area (Å²) in [7, 11) is 0. The summed E-state index contributed by atoms with van der Waals surface area (Å²) in [5.74, 6) is -0.145. The number of hydrogen-bond acceptors (Lipinski definition) is 3. The molecule has 0 amide bonds. The van der Waals surface area contributed by atoms with Crippen molar-refractivity contribution in [1.29, 1.82) is 0 Å². The highest BCUT2D eigenvalue weighted by molar-refractivity contribution is 9.10. The largest absolute Gasteiger partial charge is 0.466 e. The van der Waals surface area contributed by atoms with Gasteiger partial charge in [0.05, 0.1) is 6.61 Å². The molecule has 0 saturated heterocycles. The summed E-state index contributed by atoms with van der Waals surface area (Å²) in [6, 6.07) is 5.72. The van der Waals surface area contributed by atoms with Gasteiger partial charge in [0.25, 0.3) is 0 Å². The van der Waals surface area contributed by atoms with Gasteiger partial charge in [-0.15, -0.1) is 0 Å². The fraction of sp³-hybridized carbons (Fsp3) is 0.417. The standard InChI is InChI=1S/C12H16BrNO2/c1-2-16-12(15)8-3-5-9-10(13)6-4-7-11(9)14/h4,6-7H,2-3,5,8,14H2,1H3. The first-order valence-corrected chi connectivity index (χ1v) is 6.13. The van der Waals surface area contributed by atoms with Crippen LogP contribution in [0.15, 0.2) is 22.7 Å². The van der Waals surface area contributed by atoms with Gasteiger partial charge < -0.3 is 10.5 Å². The fourth-order valence-corrected chi connectivity index (χ4v) is 2.06. The monoisotopic (exact) mass is 285 g/mol. The first kappa shape index (κ1) is 13.0. The van der Waals surface area contributed by atoms with E-state index in [1.807, 2.05) is 25.1 Å². The number of anilines is 1. The molecule has 0 aliphatic rings. The third-order valence-electron chi connectivity index (χ3n) is 2.27. The topological polar surface area (TPSA) is 52.3 Å². The molecule has 0 heterocycles. The van der Waals surface area contributed by atoms with Gasteiger partial charge >= 0.3 is 5.97 Å². The van der Waals surface area contributed by atoms with Crippen LogP contribution in [0.25, 0.3) is 0 Å². The van der Waals surface area contributed by atoms with E-state index in [-0.39, 0.29) is 5.97 Å². The minimum Gasteiger partial charge on any atom is -0.466 e. The van der Waals surface area contributed by atoms with Crippen molar-refractivity contribution in [3.8, 4) is 0 Å². The van der Waals surface area contributed by atoms with E-state index in [4.69, 9.17) is 10.5 Å². The molecule has 0 fully saturated rings. The van der Waals surface area contributed by atoms with Crippen LogP contribution in [-0.4, -0.2) is 12.6 Å². The molecule has 1 rings (SSSR count). The van der Waals surface area contributed by atoms with E-state index in [0.717, 1.165) is 28.6 Å². The highest BCUT2D eigenvalue weighted by Crippen LogP contribution is 2.24. The highest BCUT2D eigenvalue weighted by atomic mass is 79.9. The van der Waals surface area contributed by atoms with Gasteiger partial charge in [-0.3, -0.25) is 4.79 Å². The maximum absolute atomic E-state index is 11.1. The molecule has 16 heavy (non-hydrogen) atoms. The van der Waals surface area contributed by atoms with Gasteiger partial charge in [0.15, 0.2) is 0 Å². The van der Waals surface area contributed by atoms with E-state index >= 15 is 0 Å². The first-order chi connectivity index (χ1) is 7.65. The Hall–Kier alpha value is -1.03. The normalized spacial score (nSPS) is 10.1.